The minimum absolute atomic E-state index is 0.0100. The van der Waals surface area contributed by atoms with Crippen LogP contribution in [0.1, 0.15) is 84.8 Å². The molecule has 0 saturated heterocycles. The van der Waals surface area contributed by atoms with Crippen LogP contribution in [-0.4, -0.2) is 55.5 Å². The summed E-state index contributed by atoms with van der Waals surface area (Å²) in [6, 6.07) is -0.698. The number of hydrogen-bond donors (Lipinski definition) is 1. The largest absolute Gasteiger partial charge is 0.481 e. The number of aromatic nitrogens is 3. The Morgan fingerprint density at radius 2 is 1.67 bits per heavy atom. The average Bonchev–Trinajstić information content (AvgIpc) is 3.28. The molecule has 4 rings (SSSR count). The Labute approximate surface area is 233 Å². The summed E-state index contributed by atoms with van der Waals surface area (Å²) < 4.78 is 43.9. The summed E-state index contributed by atoms with van der Waals surface area (Å²) >= 11 is 12.2. The number of Topliss-reactive ketones (excluding diaryl/α,β-unsaturated/α-hetero) is 1. The van der Waals surface area contributed by atoms with Crippen molar-refractivity contribution in [1.82, 2.24) is 19.7 Å². The van der Waals surface area contributed by atoms with E-state index in [0.29, 0.717) is 0 Å². The quantitative estimate of drug-likeness (QED) is 0.369. The van der Waals surface area contributed by atoms with Gasteiger partial charge in [0.2, 0.25) is 0 Å². The number of hydrogen-bond acceptors (Lipinski definition) is 5. The van der Waals surface area contributed by atoms with Gasteiger partial charge in [0.05, 0.1) is 45.9 Å². The molecule has 1 N–H and O–H groups in total. The second kappa shape index (κ2) is 11.1. The fourth-order valence-corrected chi connectivity index (χ4v) is 6.48. The fraction of sp³-hybridized carbons (Fsp3) is 0.577. The molecule has 8 nitrogen and oxygen atoms in total. The third-order valence-electron chi connectivity index (χ3n) is 7.60. The summed E-state index contributed by atoms with van der Waals surface area (Å²) in [7, 11) is 0. The fourth-order valence-electron chi connectivity index (χ4n) is 5.91. The van der Waals surface area contributed by atoms with Crippen molar-refractivity contribution < 1.29 is 32.7 Å². The van der Waals surface area contributed by atoms with E-state index in [1.165, 1.54) is 12.4 Å². The molecule has 2 saturated carbocycles. The molecule has 212 valence electrons. The van der Waals surface area contributed by atoms with Crippen LogP contribution in [0.25, 0.3) is 0 Å². The zero-order chi connectivity index (χ0) is 28.7. The SMILES string of the molecule is CC1(C)CC(CN(CC(=O)c2c(Cl)cncc2Cl)C(=O)c2cnn([C@H]3CC[C@H](C(=O)O)CC3)c2C(F)(F)F)C1. The topological polar surface area (TPSA) is 105 Å². The highest BCUT2D eigenvalue weighted by molar-refractivity contribution is 6.39. The molecule has 0 atom stereocenters. The van der Waals surface area contributed by atoms with Crippen molar-refractivity contribution in [2.45, 2.75) is 64.6 Å². The molecule has 1 amide bonds. The van der Waals surface area contributed by atoms with E-state index in [-0.39, 0.29) is 59.2 Å². The maximum atomic E-state index is 14.4. The second-order valence-corrected chi connectivity index (χ2v) is 12.0. The standard InChI is InChI=1S/C26H29Cl2F3N4O4/c1-25(2)7-14(8-25)12-34(13-20(36)21-18(27)10-32-11-19(21)28)23(37)17-9-33-35(22(17)26(29,30)31)16-5-3-15(4-6-16)24(38)39/h9-11,14-16H,3-8,12-13H2,1-2H3,(H,38,39)/t15-,16-. The second-order valence-electron chi connectivity index (χ2n) is 11.2. The van der Waals surface area contributed by atoms with E-state index < -0.39 is 53.6 Å². The molecule has 2 fully saturated rings. The Balaban J connectivity index is 1.65. The van der Waals surface area contributed by atoms with Gasteiger partial charge in [-0.15, -0.1) is 0 Å². The Morgan fingerprint density at radius 3 is 2.18 bits per heavy atom. The van der Waals surface area contributed by atoms with E-state index in [9.17, 15) is 32.7 Å². The molecule has 0 aromatic carbocycles. The van der Waals surface area contributed by atoms with Crippen LogP contribution in [0.4, 0.5) is 13.2 Å². The number of amides is 1. The van der Waals surface area contributed by atoms with E-state index >= 15 is 0 Å². The highest BCUT2D eigenvalue weighted by Gasteiger charge is 2.44. The first-order chi connectivity index (χ1) is 18.2. The molecule has 13 heteroatoms. The van der Waals surface area contributed by atoms with E-state index in [0.717, 1.165) is 28.6 Å². The smallest absolute Gasteiger partial charge is 0.433 e. The van der Waals surface area contributed by atoms with Crippen LogP contribution in [0.5, 0.6) is 0 Å². The van der Waals surface area contributed by atoms with Gasteiger partial charge in [0.1, 0.15) is 0 Å². The number of aliphatic carboxylic acids is 1. The van der Waals surface area contributed by atoms with Crippen molar-refractivity contribution in [1.29, 1.82) is 0 Å². The molecular formula is C26H29Cl2F3N4O4. The Bertz CT molecular complexity index is 1240. The first-order valence-corrected chi connectivity index (χ1v) is 13.4. The first-order valence-electron chi connectivity index (χ1n) is 12.7. The lowest BCUT2D eigenvalue weighted by Crippen LogP contribution is -2.45. The molecule has 2 heterocycles. The third-order valence-corrected chi connectivity index (χ3v) is 8.17. The Morgan fingerprint density at radius 1 is 1.08 bits per heavy atom. The molecule has 0 unspecified atom stereocenters. The lowest BCUT2D eigenvalue weighted by molar-refractivity contribution is -0.147. The van der Waals surface area contributed by atoms with Gasteiger partial charge < -0.3 is 10.0 Å². The number of carbonyl (C=O) groups is 3. The summed E-state index contributed by atoms with van der Waals surface area (Å²) in [6.07, 6.45) is 0.748. The average molecular weight is 589 g/mol. The van der Waals surface area contributed by atoms with E-state index in [1.807, 2.05) is 0 Å². The number of carboxylic acid groups (broad SMARTS) is 1. The minimum Gasteiger partial charge on any atom is -0.481 e. The van der Waals surface area contributed by atoms with Crippen molar-refractivity contribution in [2.24, 2.45) is 17.3 Å². The molecule has 0 radical (unpaired) electrons. The zero-order valence-corrected chi connectivity index (χ0v) is 23.0. The van der Waals surface area contributed by atoms with Crippen LogP contribution in [0, 0.1) is 17.3 Å². The number of carbonyl (C=O) groups excluding carboxylic acids is 2. The van der Waals surface area contributed by atoms with Gasteiger partial charge >= 0.3 is 12.1 Å². The van der Waals surface area contributed by atoms with Crippen LogP contribution in [0.3, 0.4) is 0 Å². The molecule has 2 aromatic rings. The molecule has 2 aromatic heterocycles. The minimum atomic E-state index is -4.91. The Kier molecular flexibility index (Phi) is 8.33. The lowest BCUT2D eigenvalue weighted by atomic mass is 9.64. The van der Waals surface area contributed by atoms with E-state index in [4.69, 9.17) is 23.2 Å². The highest BCUT2D eigenvalue weighted by Crippen LogP contribution is 2.45. The number of rotatable bonds is 8. The van der Waals surface area contributed by atoms with E-state index in [2.05, 4.69) is 23.9 Å². The van der Waals surface area contributed by atoms with Crippen LogP contribution < -0.4 is 0 Å². The maximum Gasteiger partial charge on any atom is 0.433 e. The van der Waals surface area contributed by atoms with E-state index in [1.54, 1.807) is 0 Å². The van der Waals surface area contributed by atoms with Crippen LogP contribution >= 0.6 is 23.2 Å². The van der Waals surface area contributed by atoms with Gasteiger partial charge in [-0.25, -0.2) is 0 Å². The van der Waals surface area contributed by atoms with Gasteiger partial charge in [0.15, 0.2) is 11.5 Å². The number of pyridine rings is 1. The molecule has 2 aliphatic carbocycles. The van der Waals surface area contributed by atoms with Gasteiger partial charge in [-0.3, -0.25) is 24.0 Å². The number of ketones is 1. The number of alkyl halides is 3. The number of carboxylic acids is 1. The molecule has 2 aliphatic rings. The normalized spacial score (nSPS) is 21.3. The van der Waals surface area contributed by atoms with Crippen molar-refractivity contribution in [2.75, 3.05) is 13.1 Å². The van der Waals surface area contributed by atoms with Gasteiger partial charge in [-0.05, 0) is 49.9 Å². The number of nitrogens with zero attached hydrogens (tertiary/aromatic N) is 4. The van der Waals surface area contributed by atoms with Crippen LogP contribution in [0.15, 0.2) is 18.6 Å². The monoisotopic (exact) mass is 588 g/mol. The summed E-state index contributed by atoms with van der Waals surface area (Å²) in [4.78, 5) is 43.1. The highest BCUT2D eigenvalue weighted by atomic mass is 35.5. The first kappa shape index (κ1) is 29.3. The molecular weight excluding hydrogens is 560 g/mol. The predicted octanol–water partition coefficient (Wildman–Crippen LogP) is 6.18. The number of halogens is 5. The third kappa shape index (κ3) is 6.40. The molecule has 39 heavy (non-hydrogen) atoms. The van der Waals surface area contributed by atoms with Crippen molar-refractivity contribution in [3.63, 3.8) is 0 Å². The summed E-state index contributed by atoms with van der Waals surface area (Å²) in [5.41, 5.74) is -1.86. The summed E-state index contributed by atoms with van der Waals surface area (Å²) in [5, 5.41) is 13.1. The van der Waals surface area contributed by atoms with Crippen molar-refractivity contribution in [3.8, 4) is 0 Å². The molecule has 0 aliphatic heterocycles. The zero-order valence-electron chi connectivity index (χ0n) is 21.5. The summed E-state index contributed by atoms with van der Waals surface area (Å²) in [6.45, 7) is 3.68. The predicted molar refractivity (Wildman–Crippen MR) is 137 cm³/mol. The van der Waals surface area contributed by atoms with Gasteiger partial charge in [-0.2, -0.15) is 18.3 Å². The van der Waals surface area contributed by atoms with Crippen molar-refractivity contribution >= 4 is 40.9 Å². The van der Waals surface area contributed by atoms with Crippen molar-refractivity contribution in [3.05, 3.63) is 45.5 Å². The van der Waals surface area contributed by atoms with Gasteiger partial charge in [0, 0.05) is 18.9 Å². The lowest BCUT2D eigenvalue weighted by Gasteiger charge is -2.44. The van der Waals surface area contributed by atoms with Crippen LogP contribution in [0.2, 0.25) is 10.0 Å². The molecule has 0 bridgehead atoms. The van der Waals surface area contributed by atoms with Crippen LogP contribution in [-0.2, 0) is 11.0 Å². The Hall–Kier alpha value is -2.66. The van der Waals surface area contributed by atoms with Gasteiger partial charge in [0.25, 0.3) is 5.91 Å². The summed E-state index contributed by atoms with van der Waals surface area (Å²) in [5.74, 6) is -3.17. The van der Waals surface area contributed by atoms with Gasteiger partial charge in [-0.1, -0.05) is 37.0 Å². The molecule has 0 spiro atoms. The maximum absolute atomic E-state index is 14.4.